The second-order valence-corrected chi connectivity index (χ2v) is 4.13. The Morgan fingerprint density at radius 3 is 2.88 bits per heavy atom. The Morgan fingerprint density at radius 2 is 2.25 bits per heavy atom. The molecule has 0 atom stereocenters. The first-order valence-corrected chi connectivity index (χ1v) is 5.38. The zero-order valence-electron chi connectivity index (χ0n) is 8.77. The van der Waals surface area contributed by atoms with Gasteiger partial charge in [0.25, 0.3) is 5.56 Å². The van der Waals surface area contributed by atoms with Crippen LogP contribution in [0.4, 0.5) is 0 Å². The second kappa shape index (κ2) is 4.17. The van der Waals surface area contributed by atoms with Crippen LogP contribution in [0, 0.1) is 13.8 Å². The van der Waals surface area contributed by atoms with Gasteiger partial charge in [-0.3, -0.25) is 9.36 Å². The van der Waals surface area contributed by atoms with Crippen molar-refractivity contribution in [2.45, 2.75) is 20.4 Å². The summed E-state index contributed by atoms with van der Waals surface area (Å²) in [7, 11) is 0. The van der Waals surface area contributed by atoms with Crippen LogP contribution in [0.2, 0.25) is 0 Å². The molecule has 84 valence electrons. The molecule has 2 aromatic rings. The monoisotopic (exact) mass is 284 g/mol. The fraction of sp³-hybridized carbons (Fsp3) is 0.333. The number of aryl methyl sites for hydroxylation is 2. The Hall–Kier alpha value is -1.50. The van der Waals surface area contributed by atoms with Crippen molar-refractivity contribution in [1.29, 1.82) is 0 Å². The lowest BCUT2D eigenvalue weighted by Crippen LogP contribution is -2.25. The third kappa shape index (κ3) is 2.04. The highest BCUT2D eigenvalue weighted by Crippen LogP contribution is 2.03. The molecule has 0 aliphatic carbocycles. The molecule has 0 saturated heterocycles. The highest BCUT2D eigenvalue weighted by atomic mass is 79.9. The molecule has 0 spiro atoms. The Labute approximate surface area is 99.4 Å². The van der Waals surface area contributed by atoms with Gasteiger partial charge in [-0.1, -0.05) is 5.16 Å². The van der Waals surface area contributed by atoms with Crippen molar-refractivity contribution in [2.24, 2.45) is 0 Å². The van der Waals surface area contributed by atoms with E-state index in [-0.39, 0.29) is 12.1 Å². The summed E-state index contributed by atoms with van der Waals surface area (Å²) < 4.78 is 6.73. The number of hydrogen-bond donors (Lipinski definition) is 0. The van der Waals surface area contributed by atoms with Crippen LogP contribution in [0.1, 0.15) is 17.5 Å². The third-order valence-corrected chi connectivity index (χ3v) is 2.62. The van der Waals surface area contributed by atoms with E-state index in [9.17, 15) is 4.79 Å². The number of nitrogens with zero attached hydrogens (tertiary/aromatic N) is 4. The summed E-state index contributed by atoms with van der Waals surface area (Å²) in [5.74, 6) is 1.54. The van der Waals surface area contributed by atoms with Crippen molar-refractivity contribution in [3.8, 4) is 0 Å². The molecule has 16 heavy (non-hydrogen) atoms. The van der Waals surface area contributed by atoms with Gasteiger partial charge in [-0.05, 0) is 22.9 Å². The van der Waals surface area contributed by atoms with Gasteiger partial charge in [-0.15, -0.1) is 0 Å². The Balaban J connectivity index is 2.42. The van der Waals surface area contributed by atoms with Crippen molar-refractivity contribution in [1.82, 2.24) is 19.7 Å². The average molecular weight is 285 g/mol. The van der Waals surface area contributed by atoms with Crippen LogP contribution in [-0.4, -0.2) is 19.7 Å². The molecule has 0 bridgehead atoms. The van der Waals surface area contributed by atoms with E-state index in [0.717, 1.165) is 0 Å². The maximum absolute atomic E-state index is 11.8. The van der Waals surface area contributed by atoms with Crippen LogP contribution < -0.4 is 5.56 Å². The average Bonchev–Trinajstić information content (AvgIpc) is 2.65. The van der Waals surface area contributed by atoms with E-state index in [2.05, 4.69) is 31.1 Å². The molecule has 0 amide bonds. The van der Waals surface area contributed by atoms with Crippen LogP contribution in [0.3, 0.4) is 0 Å². The summed E-state index contributed by atoms with van der Waals surface area (Å²) in [6.45, 7) is 3.71. The summed E-state index contributed by atoms with van der Waals surface area (Å²) in [6, 6.07) is 0. The summed E-state index contributed by atoms with van der Waals surface area (Å²) in [5.41, 5.74) is -0.157. The highest BCUT2D eigenvalue weighted by molar-refractivity contribution is 9.10. The minimum atomic E-state index is -0.157. The topological polar surface area (TPSA) is 73.8 Å². The van der Waals surface area contributed by atoms with Crippen molar-refractivity contribution in [2.75, 3.05) is 0 Å². The first-order valence-electron chi connectivity index (χ1n) is 4.59. The number of halogens is 1. The summed E-state index contributed by atoms with van der Waals surface area (Å²) >= 11 is 3.14. The van der Waals surface area contributed by atoms with Gasteiger partial charge < -0.3 is 4.52 Å². The molecule has 2 rings (SSSR count). The smallest absolute Gasteiger partial charge is 0.268 e. The first-order chi connectivity index (χ1) is 7.58. The van der Waals surface area contributed by atoms with E-state index in [0.29, 0.717) is 22.0 Å². The first kappa shape index (κ1) is 11.0. The predicted molar refractivity (Wildman–Crippen MR) is 59.1 cm³/mol. The van der Waals surface area contributed by atoms with Gasteiger partial charge in [-0.25, -0.2) is 4.98 Å². The van der Waals surface area contributed by atoms with Crippen LogP contribution in [-0.2, 0) is 6.54 Å². The highest BCUT2D eigenvalue weighted by Gasteiger charge is 2.09. The molecular formula is C9H9BrN4O2. The molecule has 7 heteroatoms. The number of hydrogen-bond acceptors (Lipinski definition) is 5. The normalized spacial score (nSPS) is 10.7. The maximum Gasteiger partial charge on any atom is 0.268 e. The number of rotatable bonds is 2. The molecule has 0 aromatic carbocycles. The molecule has 0 saturated carbocycles. The van der Waals surface area contributed by atoms with Crippen LogP contribution in [0.25, 0.3) is 0 Å². The Kier molecular flexibility index (Phi) is 2.86. The fourth-order valence-electron chi connectivity index (χ4n) is 1.28. The molecule has 0 unspecified atom stereocenters. The van der Waals surface area contributed by atoms with Crippen molar-refractivity contribution in [3.05, 3.63) is 38.6 Å². The van der Waals surface area contributed by atoms with Gasteiger partial charge in [0, 0.05) is 13.1 Å². The minimum absolute atomic E-state index is 0.157. The second-order valence-electron chi connectivity index (χ2n) is 3.27. The summed E-state index contributed by atoms with van der Waals surface area (Å²) in [6.07, 6.45) is 1.48. The molecule has 0 aliphatic heterocycles. The van der Waals surface area contributed by atoms with Crippen LogP contribution in [0.15, 0.2) is 20.0 Å². The van der Waals surface area contributed by atoms with E-state index in [4.69, 9.17) is 4.52 Å². The standard InChI is InChI=1S/C9H9BrN4O2/c1-5-11-3-7(10)9(15)14(5)4-8-12-6(2)16-13-8/h3H,4H2,1-2H3. The zero-order chi connectivity index (χ0) is 11.7. The van der Waals surface area contributed by atoms with Gasteiger partial charge in [0.05, 0.1) is 6.54 Å². The quantitative estimate of drug-likeness (QED) is 0.824. The summed E-state index contributed by atoms with van der Waals surface area (Å²) in [4.78, 5) is 19.9. The Bertz CT molecular complexity index is 575. The molecule has 0 radical (unpaired) electrons. The SMILES string of the molecule is Cc1nc(Cn2c(C)ncc(Br)c2=O)no1. The maximum atomic E-state index is 11.8. The van der Waals surface area contributed by atoms with Crippen molar-refractivity contribution < 1.29 is 4.52 Å². The van der Waals surface area contributed by atoms with Gasteiger partial charge in [0.1, 0.15) is 10.3 Å². The van der Waals surface area contributed by atoms with E-state index >= 15 is 0 Å². The lowest BCUT2D eigenvalue weighted by Gasteiger charge is -2.05. The minimum Gasteiger partial charge on any atom is -0.340 e. The molecule has 2 heterocycles. The predicted octanol–water partition coefficient (Wildman–Crippen LogP) is 1.05. The Morgan fingerprint density at radius 1 is 1.50 bits per heavy atom. The molecular weight excluding hydrogens is 276 g/mol. The van der Waals surface area contributed by atoms with E-state index in [1.165, 1.54) is 10.8 Å². The molecule has 0 fully saturated rings. The zero-order valence-corrected chi connectivity index (χ0v) is 10.4. The molecule has 2 aromatic heterocycles. The van der Waals surface area contributed by atoms with Gasteiger partial charge in [0.15, 0.2) is 5.82 Å². The van der Waals surface area contributed by atoms with Crippen LogP contribution in [0.5, 0.6) is 0 Å². The fourth-order valence-corrected chi connectivity index (χ4v) is 1.60. The lowest BCUT2D eigenvalue weighted by molar-refractivity contribution is 0.385. The van der Waals surface area contributed by atoms with Gasteiger partial charge in [-0.2, -0.15) is 4.98 Å². The van der Waals surface area contributed by atoms with Crippen molar-refractivity contribution >= 4 is 15.9 Å². The van der Waals surface area contributed by atoms with Crippen LogP contribution >= 0.6 is 15.9 Å². The molecule has 0 N–H and O–H groups in total. The van der Waals surface area contributed by atoms with E-state index in [1.807, 2.05) is 0 Å². The molecule has 0 aliphatic rings. The van der Waals surface area contributed by atoms with E-state index < -0.39 is 0 Å². The molecule has 6 nitrogen and oxygen atoms in total. The largest absolute Gasteiger partial charge is 0.340 e. The van der Waals surface area contributed by atoms with E-state index in [1.54, 1.807) is 13.8 Å². The summed E-state index contributed by atoms with van der Waals surface area (Å²) in [5, 5.41) is 3.73. The van der Waals surface area contributed by atoms with Gasteiger partial charge >= 0.3 is 0 Å². The third-order valence-electron chi connectivity index (χ3n) is 2.07. The van der Waals surface area contributed by atoms with Gasteiger partial charge in [0.2, 0.25) is 5.89 Å². The lowest BCUT2D eigenvalue weighted by atomic mass is 10.5. The van der Waals surface area contributed by atoms with Crippen molar-refractivity contribution in [3.63, 3.8) is 0 Å². The number of aromatic nitrogens is 4.